The van der Waals surface area contributed by atoms with E-state index in [2.05, 4.69) is 23.3 Å². The van der Waals surface area contributed by atoms with Crippen molar-refractivity contribution in [3.63, 3.8) is 0 Å². The number of carbonyl (C=O) groups is 1. The fourth-order valence-electron chi connectivity index (χ4n) is 4.64. The monoisotopic (exact) mass is 427 g/mol. The number of hydrogen-bond acceptors (Lipinski definition) is 5. The average molecular weight is 428 g/mol. The molecule has 1 saturated heterocycles. The Hall–Kier alpha value is -1.99. The van der Waals surface area contributed by atoms with Crippen LogP contribution in [0.5, 0.6) is 0 Å². The number of aryl methyl sites for hydroxylation is 1. The van der Waals surface area contributed by atoms with E-state index in [1.165, 1.54) is 32.1 Å². The Labute approximate surface area is 183 Å². The highest BCUT2D eigenvalue weighted by molar-refractivity contribution is 7.12. The molecule has 4 rings (SSSR count). The van der Waals surface area contributed by atoms with Crippen molar-refractivity contribution < 1.29 is 4.79 Å². The Morgan fingerprint density at radius 2 is 1.87 bits per heavy atom. The Balaban J connectivity index is 1.67. The van der Waals surface area contributed by atoms with Crippen LogP contribution in [0.3, 0.4) is 0 Å². The van der Waals surface area contributed by atoms with Crippen LogP contribution in [0.2, 0.25) is 0 Å². The van der Waals surface area contributed by atoms with Gasteiger partial charge >= 0.3 is 0 Å². The second-order valence-electron chi connectivity index (χ2n) is 8.69. The molecule has 0 radical (unpaired) electrons. The Morgan fingerprint density at radius 1 is 1.13 bits per heavy atom. The number of nitrogens with zero attached hydrogens (tertiary/aromatic N) is 4. The maximum atomic E-state index is 12.5. The molecule has 1 amide bonds. The van der Waals surface area contributed by atoms with E-state index in [0.29, 0.717) is 12.0 Å². The quantitative estimate of drug-likeness (QED) is 0.812. The van der Waals surface area contributed by atoms with Crippen molar-refractivity contribution in [3.8, 4) is 10.6 Å². The highest BCUT2D eigenvalue weighted by Crippen LogP contribution is 2.33. The number of nitrogens with one attached hydrogen (secondary N) is 1. The highest BCUT2D eigenvalue weighted by Gasteiger charge is 2.24. The van der Waals surface area contributed by atoms with Crippen LogP contribution in [0.1, 0.15) is 66.8 Å². The van der Waals surface area contributed by atoms with Crippen LogP contribution in [-0.2, 0) is 7.05 Å². The third kappa shape index (κ3) is 4.67. The van der Waals surface area contributed by atoms with Crippen LogP contribution in [0.4, 0.5) is 0 Å². The first kappa shape index (κ1) is 21.2. The number of amides is 1. The van der Waals surface area contributed by atoms with E-state index in [-0.39, 0.29) is 5.91 Å². The molecule has 30 heavy (non-hydrogen) atoms. The van der Waals surface area contributed by atoms with Gasteiger partial charge in [0.15, 0.2) is 0 Å². The second-order valence-corrected chi connectivity index (χ2v) is 9.65. The predicted molar refractivity (Wildman–Crippen MR) is 122 cm³/mol. The molecule has 6 nitrogen and oxygen atoms in total. The van der Waals surface area contributed by atoms with E-state index in [1.54, 1.807) is 18.4 Å². The van der Waals surface area contributed by atoms with E-state index in [1.807, 2.05) is 23.9 Å². The van der Waals surface area contributed by atoms with Crippen LogP contribution in [-0.4, -0.2) is 53.8 Å². The molecule has 162 valence electrons. The average Bonchev–Trinajstić information content (AvgIpc) is 3.14. The van der Waals surface area contributed by atoms with Crippen molar-refractivity contribution >= 4 is 17.2 Å². The minimum absolute atomic E-state index is 0.00633. The number of aromatic nitrogens is 2. The van der Waals surface area contributed by atoms with Gasteiger partial charge in [0.1, 0.15) is 5.01 Å². The normalized spacial score (nSPS) is 19.9. The number of benzene rings is 1. The van der Waals surface area contributed by atoms with Gasteiger partial charge in [-0.2, -0.15) is 5.10 Å². The van der Waals surface area contributed by atoms with Gasteiger partial charge in [-0.3, -0.25) is 9.79 Å². The number of likely N-dealkylation sites (tertiary alicyclic amines) is 1. The molecule has 1 saturated carbocycles. The number of carbonyl (C=O) groups excluding carboxylic acids is 1. The molecule has 0 atom stereocenters. The lowest BCUT2D eigenvalue weighted by molar-refractivity contribution is 0.0961. The molecule has 1 aromatic heterocycles. The fraction of sp³-hybridized carbons (Fsp3) is 0.609. The summed E-state index contributed by atoms with van der Waals surface area (Å²) in [5, 5.41) is 8.55. The summed E-state index contributed by atoms with van der Waals surface area (Å²) >= 11 is 1.66. The first-order valence-electron chi connectivity index (χ1n) is 11.2. The van der Waals surface area contributed by atoms with Gasteiger partial charge in [0.25, 0.3) is 5.91 Å². The lowest BCUT2D eigenvalue weighted by atomic mass is 9.85. The highest BCUT2D eigenvalue weighted by atomic mass is 32.1. The van der Waals surface area contributed by atoms with E-state index in [4.69, 9.17) is 10.1 Å². The van der Waals surface area contributed by atoms with Gasteiger partial charge in [-0.1, -0.05) is 36.7 Å². The van der Waals surface area contributed by atoms with E-state index < -0.39 is 0 Å². The Bertz CT molecular complexity index is 949. The van der Waals surface area contributed by atoms with Crippen LogP contribution >= 0.6 is 11.3 Å². The van der Waals surface area contributed by atoms with Crippen LogP contribution in [0.25, 0.3) is 10.6 Å². The predicted octanol–water partition coefficient (Wildman–Crippen LogP) is 3.55. The molecular weight excluding hydrogens is 394 g/mol. The molecule has 2 aliphatic rings. The van der Waals surface area contributed by atoms with Gasteiger partial charge in [0.05, 0.1) is 6.04 Å². The molecule has 2 fully saturated rings. The van der Waals surface area contributed by atoms with Crippen molar-refractivity contribution in [3.05, 3.63) is 34.1 Å². The minimum Gasteiger partial charge on any atom is -0.355 e. The molecule has 1 N–H and O–H groups in total. The van der Waals surface area contributed by atoms with Crippen LogP contribution in [0, 0.1) is 0 Å². The van der Waals surface area contributed by atoms with Gasteiger partial charge in [-0.15, -0.1) is 0 Å². The van der Waals surface area contributed by atoms with Crippen LogP contribution < -0.4 is 10.1 Å². The van der Waals surface area contributed by atoms with Crippen molar-refractivity contribution in [2.75, 3.05) is 27.2 Å². The zero-order valence-corrected chi connectivity index (χ0v) is 19.2. The van der Waals surface area contributed by atoms with Crippen molar-refractivity contribution in [1.82, 2.24) is 20.0 Å². The van der Waals surface area contributed by atoms with Gasteiger partial charge in [0, 0.05) is 25.2 Å². The van der Waals surface area contributed by atoms with E-state index in [0.717, 1.165) is 52.4 Å². The van der Waals surface area contributed by atoms with Crippen LogP contribution in [0.15, 0.2) is 23.2 Å². The smallest absolute Gasteiger partial charge is 0.251 e. The lowest BCUT2D eigenvalue weighted by Gasteiger charge is -2.30. The molecule has 2 heterocycles. The summed E-state index contributed by atoms with van der Waals surface area (Å²) < 4.78 is 1.91. The lowest BCUT2D eigenvalue weighted by Crippen LogP contribution is -2.30. The van der Waals surface area contributed by atoms with E-state index in [9.17, 15) is 4.79 Å². The summed E-state index contributed by atoms with van der Waals surface area (Å²) in [5.74, 6) is 0.404. The summed E-state index contributed by atoms with van der Waals surface area (Å²) in [6.45, 7) is 2.14. The summed E-state index contributed by atoms with van der Waals surface area (Å²) in [6, 6.07) is 6.64. The molecule has 0 spiro atoms. The van der Waals surface area contributed by atoms with Crippen molar-refractivity contribution in [2.45, 2.75) is 56.9 Å². The fourth-order valence-corrected chi connectivity index (χ4v) is 5.60. The van der Waals surface area contributed by atoms with Gasteiger partial charge in [0.2, 0.25) is 4.80 Å². The first-order chi connectivity index (χ1) is 14.5. The standard InChI is InChI=1S/C23H33N5OS/c1-24-21(29)19-10-9-17(15-20(19)16-11-13-27(2)14-12-16)22-26-28(3)23(30-22)25-18-7-5-4-6-8-18/h9-10,15-16,18H,4-8,11-14H2,1-3H3,(H,24,29). The van der Waals surface area contributed by atoms with Crippen molar-refractivity contribution in [1.29, 1.82) is 0 Å². The zero-order chi connectivity index (χ0) is 21.1. The number of rotatable bonds is 4. The second kappa shape index (κ2) is 9.43. The molecule has 2 aromatic rings. The maximum absolute atomic E-state index is 12.5. The molecule has 1 aromatic carbocycles. The molecule has 0 bridgehead atoms. The Kier molecular flexibility index (Phi) is 6.68. The molecular formula is C23H33N5OS. The van der Waals surface area contributed by atoms with Gasteiger partial charge in [-0.05, 0) is 69.4 Å². The van der Waals surface area contributed by atoms with E-state index >= 15 is 0 Å². The minimum atomic E-state index is -0.00633. The molecule has 7 heteroatoms. The third-order valence-electron chi connectivity index (χ3n) is 6.50. The summed E-state index contributed by atoms with van der Waals surface area (Å²) in [6.07, 6.45) is 8.44. The summed E-state index contributed by atoms with van der Waals surface area (Å²) in [5.41, 5.74) is 3.04. The number of piperidine rings is 1. The van der Waals surface area contributed by atoms with Gasteiger partial charge in [-0.25, -0.2) is 4.68 Å². The van der Waals surface area contributed by atoms with Crippen molar-refractivity contribution in [2.24, 2.45) is 12.0 Å². The molecule has 0 unspecified atom stereocenters. The first-order valence-corrected chi connectivity index (χ1v) is 12.0. The maximum Gasteiger partial charge on any atom is 0.251 e. The molecule has 1 aliphatic carbocycles. The number of hydrogen-bond donors (Lipinski definition) is 1. The zero-order valence-electron chi connectivity index (χ0n) is 18.4. The third-order valence-corrected chi connectivity index (χ3v) is 7.56. The Morgan fingerprint density at radius 3 is 2.57 bits per heavy atom. The SMILES string of the molecule is CNC(=O)c1ccc(-c2nn(C)c(=NC3CCCCC3)s2)cc1C1CCN(C)CC1. The largest absolute Gasteiger partial charge is 0.355 e. The molecule has 1 aliphatic heterocycles. The summed E-state index contributed by atoms with van der Waals surface area (Å²) in [7, 11) is 5.85. The van der Waals surface area contributed by atoms with Gasteiger partial charge < -0.3 is 10.2 Å². The topological polar surface area (TPSA) is 62.5 Å². The summed E-state index contributed by atoms with van der Waals surface area (Å²) in [4.78, 5) is 20.9.